The zero-order valence-corrected chi connectivity index (χ0v) is 19.8. The summed E-state index contributed by atoms with van der Waals surface area (Å²) in [4.78, 5) is 17.5. The number of nitrogens with one attached hydrogen (secondary N) is 1. The van der Waals surface area contributed by atoms with Gasteiger partial charge in [-0.25, -0.2) is 4.98 Å². The van der Waals surface area contributed by atoms with Gasteiger partial charge in [0, 0.05) is 5.39 Å². The highest BCUT2D eigenvalue weighted by atomic mass is 16.5. The standard InChI is InChI=1S/C27H27N5O2/c1-5-6-20-7-9-22(10-8-20)34-16-25(33)31-27-21(14-28)15-29-32(27)24-13-18(3)23-12-17(2)11-19(4)26(23)30-24/h7-13,15H,5-6,16H2,1-4H3,(H,31,33). The lowest BCUT2D eigenvalue weighted by molar-refractivity contribution is -0.118. The van der Waals surface area contributed by atoms with Crippen LogP contribution in [0.25, 0.3) is 16.7 Å². The maximum absolute atomic E-state index is 12.7. The maximum Gasteiger partial charge on any atom is 0.263 e. The Hall–Kier alpha value is -4.18. The molecule has 0 saturated carbocycles. The Morgan fingerprint density at radius 3 is 2.59 bits per heavy atom. The van der Waals surface area contributed by atoms with Crippen LogP contribution in [0.3, 0.4) is 0 Å². The topological polar surface area (TPSA) is 92.8 Å². The Morgan fingerprint density at radius 1 is 1.12 bits per heavy atom. The van der Waals surface area contributed by atoms with E-state index in [0.717, 1.165) is 34.9 Å². The van der Waals surface area contributed by atoms with Gasteiger partial charge in [0.25, 0.3) is 5.91 Å². The Balaban J connectivity index is 1.58. The van der Waals surface area contributed by atoms with E-state index in [-0.39, 0.29) is 23.9 Å². The maximum atomic E-state index is 12.7. The predicted octanol–water partition coefficient (Wildman–Crippen LogP) is 5.19. The number of fused-ring (bicyclic) bond motifs is 1. The minimum atomic E-state index is -0.389. The SMILES string of the molecule is CCCc1ccc(OCC(=O)Nc2c(C#N)cnn2-c2cc(C)c3cc(C)cc(C)c3n2)cc1. The molecule has 0 unspecified atom stereocenters. The number of carbonyl (C=O) groups is 1. The molecule has 4 aromatic rings. The molecule has 0 bridgehead atoms. The van der Waals surface area contributed by atoms with Gasteiger partial charge in [0.15, 0.2) is 18.2 Å². The number of carbonyl (C=O) groups excluding carboxylic acids is 1. The van der Waals surface area contributed by atoms with Gasteiger partial charge in [0.1, 0.15) is 17.4 Å². The predicted molar refractivity (Wildman–Crippen MR) is 132 cm³/mol. The lowest BCUT2D eigenvalue weighted by atomic mass is 10.0. The van der Waals surface area contributed by atoms with Crippen molar-refractivity contribution in [2.45, 2.75) is 40.5 Å². The smallest absolute Gasteiger partial charge is 0.263 e. The Morgan fingerprint density at radius 2 is 1.88 bits per heavy atom. The molecule has 0 spiro atoms. The van der Waals surface area contributed by atoms with Crippen LogP contribution >= 0.6 is 0 Å². The molecule has 1 N–H and O–H groups in total. The number of hydrogen-bond acceptors (Lipinski definition) is 5. The van der Waals surface area contributed by atoms with Crippen molar-refractivity contribution in [3.63, 3.8) is 0 Å². The highest BCUT2D eigenvalue weighted by molar-refractivity contribution is 5.93. The third-order valence-corrected chi connectivity index (χ3v) is 5.64. The fraction of sp³-hybridized carbons (Fsp3) is 0.259. The highest BCUT2D eigenvalue weighted by Crippen LogP contribution is 2.26. The number of aromatic nitrogens is 3. The normalized spacial score (nSPS) is 10.8. The van der Waals surface area contributed by atoms with Gasteiger partial charge in [0.05, 0.1) is 11.7 Å². The van der Waals surface area contributed by atoms with Crippen molar-refractivity contribution in [3.8, 4) is 17.6 Å². The van der Waals surface area contributed by atoms with Crippen LogP contribution in [0.1, 0.15) is 41.2 Å². The average Bonchev–Trinajstić information content (AvgIpc) is 3.21. The van der Waals surface area contributed by atoms with E-state index < -0.39 is 0 Å². The molecule has 34 heavy (non-hydrogen) atoms. The molecule has 4 rings (SSSR count). The van der Waals surface area contributed by atoms with E-state index in [1.165, 1.54) is 22.0 Å². The van der Waals surface area contributed by atoms with E-state index in [9.17, 15) is 10.1 Å². The summed E-state index contributed by atoms with van der Waals surface area (Å²) in [7, 11) is 0. The molecule has 7 nitrogen and oxygen atoms in total. The van der Waals surface area contributed by atoms with Crippen LogP contribution in [-0.2, 0) is 11.2 Å². The van der Waals surface area contributed by atoms with Gasteiger partial charge >= 0.3 is 0 Å². The van der Waals surface area contributed by atoms with Crippen LogP contribution in [0, 0.1) is 32.1 Å². The molecule has 2 aromatic carbocycles. The first-order valence-corrected chi connectivity index (χ1v) is 11.3. The minimum Gasteiger partial charge on any atom is -0.484 e. The number of ether oxygens (including phenoxy) is 1. The number of rotatable bonds is 7. The van der Waals surface area contributed by atoms with Crippen LogP contribution in [0.2, 0.25) is 0 Å². The molecule has 7 heteroatoms. The van der Waals surface area contributed by atoms with Crippen molar-refractivity contribution in [1.29, 1.82) is 5.26 Å². The average molecular weight is 454 g/mol. The minimum absolute atomic E-state index is 0.189. The summed E-state index contributed by atoms with van der Waals surface area (Å²) >= 11 is 0. The molecular weight excluding hydrogens is 426 g/mol. The molecule has 2 heterocycles. The first-order valence-electron chi connectivity index (χ1n) is 11.3. The van der Waals surface area contributed by atoms with E-state index in [4.69, 9.17) is 9.72 Å². The zero-order chi connectivity index (χ0) is 24.2. The summed E-state index contributed by atoms with van der Waals surface area (Å²) in [5, 5.41) is 17.7. The number of pyridine rings is 1. The van der Waals surface area contributed by atoms with Crippen LogP contribution in [-0.4, -0.2) is 27.3 Å². The van der Waals surface area contributed by atoms with Gasteiger partial charge < -0.3 is 10.1 Å². The Labute approximate surface area is 199 Å². The van der Waals surface area contributed by atoms with Crippen LogP contribution in [0.15, 0.2) is 48.7 Å². The van der Waals surface area contributed by atoms with Gasteiger partial charge in [-0.1, -0.05) is 37.1 Å². The molecule has 0 aliphatic heterocycles. The lowest BCUT2D eigenvalue weighted by Gasteiger charge is -2.13. The number of amides is 1. The van der Waals surface area contributed by atoms with Crippen LogP contribution < -0.4 is 10.1 Å². The zero-order valence-electron chi connectivity index (χ0n) is 19.8. The summed E-state index contributed by atoms with van der Waals surface area (Å²) in [6.45, 7) is 8.03. The molecule has 172 valence electrons. The van der Waals surface area contributed by atoms with E-state index >= 15 is 0 Å². The number of nitriles is 1. The number of nitrogens with zero attached hydrogens (tertiary/aromatic N) is 4. The summed E-state index contributed by atoms with van der Waals surface area (Å²) in [5.74, 6) is 1.02. The van der Waals surface area contributed by atoms with E-state index in [1.54, 1.807) is 0 Å². The number of anilines is 1. The second-order valence-corrected chi connectivity index (χ2v) is 8.44. The fourth-order valence-electron chi connectivity index (χ4n) is 4.02. The monoisotopic (exact) mass is 453 g/mol. The van der Waals surface area contributed by atoms with Gasteiger partial charge in [-0.15, -0.1) is 0 Å². The Kier molecular flexibility index (Phi) is 6.60. The Bertz CT molecular complexity index is 1400. The molecule has 2 aromatic heterocycles. The van der Waals surface area contributed by atoms with Gasteiger partial charge in [-0.3, -0.25) is 4.79 Å². The molecule has 0 saturated heterocycles. The van der Waals surface area contributed by atoms with Gasteiger partial charge in [-0.05, 0) is 68.1 Å². The molecule has 0 aliphatic carbocycles. The third-order valence-electron chi connectivity index (χ3n) is 5.64. The van der Waals surface area contributed by atoms with Crippen molar-refractivity contribution in [3.05, 3.63) is 76.5 Å². The highest BCUT2D eigenvalue weighted by Gasteiger charge is 2.18. The van der Waals surface area contributed by atoms with Crippen molar-refractivity contribution < 1.29 is 9.53 Å². The van der Waals surface area contributed by atoms with Crippen molar-refractivity contribution in [2.24, 2.45) is 0 Å². The summed E-state index contributed by atoms with van der Waals surface area (Å²) in [6, 6.07) is 15.9. The first kappa shape index (κ1) is 23.0. The van der Waals surface area contributed by atoms with E-state index in [1.807, 2.05) is 44.2 Å². The van der Waals surface area contributed by atoms with E-state index in [2.05, 4.69) is 42.5 Å². The molecule has 0 radical (unpaired) electrons. The fourth-order valence-corrected chi connectivity index (χ4v) is 4.02. The molecule has 0 atom stereocenters. The van der Waals surface area contributed by atoms with Crippen molar-refractivity contribution >= 4 is 22.6 Å². The molecular formula is C27H27N5O2. The second-order valence-electron chi connectivity index (χ2n) is 8.44. The summed E-state index contributed by atoms with van der Waals surface area (Å²) < 4.78 is 7.12. The van der Waals surface area contributed by atoms with Gasteiger partial charge in [-0.2, -0.15) is 15.0 Å². The van der Waals surface area contributed by atoms with E-state index in [0.29, 0.717) is 11.6 Å². The van der Waals surface area contributed by atoms with Crippen LogP contribution in [0.4, 0.5) is 5.82 Å². The molecule has 1 amide bonds. The van der Waals surface area contributed by atoms with Crippen LogP contribution in [0.5, 0.6) is 5.75 Å². The summed E-state index contributed by atoms with van der Waals surface area (Å²) in [6.07, 6.45) is 3.50. The second kappa shape index (κ2) is 9.75. The quantitative estimate of drug-likeness (QED) is 0.416. The first-order chi connectivity index (χ1) is 16.4. The lowest BCUT2D eigenvalue weighted by Crippen LogP contribution is -2.22. The summed E-state index contributed by atoms with van der Waals surface area (Å²) in [5.41, 5.74) is 5.59. The molecule has 0 fully saturated rings. The van der Waals surface area contributed by atoms with Crippen molar-refractivity contribution in [1.82, 2.24) is 14.8 Å². The van der Waals surface area contributed by atoms with Gasteiger partial charge in [0.2, 0.25) is 0 Å². The number of hydrogen-bond donors (Lipinski definition) is 1. The third kappa shape index (κ3) is 4.76. The number of aryl methyl sites for hydroxylation is 4. The largest absolute Gasteiger partial charge is 0.484 e. The molecule has 0 aliphatic rings. The van der Waals surface area contributed by atoms with Crippen molar-refractivity contribution in [2.75, 3.05) is 11.9 Å². The number of benzene rings is 2.